The van der Waals surface area contributed by atoms with Gasteiger partial charge < -0.3 is 11.1 Å². The van der Waals surface area contributed by atoms with Crippen molar-refractivity contribution in [2.75, 3.05) is 0 Å². The second-order valence-corrected chi connectivity index (χ2v) is 6.93. The largest absolute Gasteiger partial charge is 0.350 e. The Kier molecular flexibility index (Phi) is 7.68. The summed E-state index contributed by atoms with van der Waals surface area (Å²) in [5.74, 6) is 0.318. The van der Waals surface area contributed by atoms with Crippen LogP contribution in [0.15, 0.2) is 30.3 Å². The number of halogens is 1. The maximum atomic E-state index is 12.0. The Morgan fingerprint density at radius 2 is 1.96 bits per heavy atom. The fourth-order valence-corrected chi connectivity index (χ4v) is 3.22. The molecule has 0 aliphatic heterocycles. The Labute approximate surface area is 147 Å². The maximum Gasteiger partial charge on any atom is 0.237 e. The Morgan fingerprint density at radius 3 is 2.57 bits per heavy atom. The molecule has 0 spiro atoms. The fraction of sp³-hybridized carbons (Fsp3) is 0.412. The Morgan fingerprint density at radius 1 is 1.30 bits per heavy atom. The van der Waals surface area contributed by atoms with Crippen LogP contribution < -0.4 is 11.1 Å². The third kappa shape index (κ3) is 5.61. The highest BCUT2D eigenvalue weighted by Crippen LogP contribution is 2.27. The number of nitrogens with two attached hydrogens (primary N) is 1. The van der Waals surface area contributed by atoms with Crippen LogP contribution >= 0.6 is 23.7 Å². The summed E-state index contributed by atoms with van der Waals surface area (Å²) in [7, 11) is 0. The Balaban J connectivity index is 0.00000264. The van der Waals surface area contributed by atoms with Gasteiger partial charge in [-0.25, -0.2) is 4.98 Å². The quantitative estimate of drug-likeness (QED) is 0.834. The number of nitrogens with zero attached hydrogens (tertiary/aromatic N) is 1. The van der Waals surface area contributed by atoms with E-state index in [0.29, 0.717) is 18.9 Å². The number of carbonyl (C=O) groups is 1. The SMILES string of the molecule is Cc1nc(-c2ccccc2)sc1CNC(=O)[C@@H](N)CC(C)C.Cl. The predicted octanol–water partition coefficient (Wildman–Crippen LogP) is 3.53. The smallest absolute Gasteiger partial charge is 0.237 e. The fourth-order valence-electron chi connectivity index (χ4n) is 2.21. The minimum atomic E-state index is -0.443. The van der Waals surface area contributed by atoms with Gasteiger partial charge in [0.05, 0.1) is 18.3 Å². The molecule has 0 unspecified atom stereocenters. The summed E-state index contributed by atoms with van der Waals surface area (Å²) < 4.78 is 0. The van der Waals surface area contributed by atoms with Crippen molar-refractivity contribution < 1.29 is 4.79 Å². The first kappa shape index (κ1) is 19.6. The molecule has 3 N–H and O–H groups in total. The average Bonchev–Trinajstić information content (AvgIpc) is 2.86. The lowest BCUT2D eigenvalue weighted by Gasteiger charge is -2.13. The van der Waals surface area contributed by atoms with Gasteiger partial charge in [0.2, 0.25) is 5.91 Å². The molecule has 1 atom stereocenters. The summed E-state index contributed by atoms with van der Waals surface area (Å²) in [4.78, 5) is 17.6. The van der Waals surface area contributed by atoms with Gasteiger partial charge in [-0.15, -0.1) is 23.7 Å². The van der Waals surface area contributed by atoms with E-state index in [2.05, 4.69) is 24.1 Å². The number of amides is 1. The van der Waals surface area contributed by atoms with Crippen LogP contribution in [0.2, 0.25) is 0 Å². The topological polar surface area (TPSA) is 68.0 Å². The molecule has 1 amide bonds. The van der Waals surface area contributed by atoms with E-state index in [1.807, 2.05) is 37.3 Å². The minimum absolute atomic E-state index is 0. The third-order valence-electron chi connectivity index (χ3n) is 3.40. The highest BCUT2D eigenvalue weighted by molar-refractivity contribution is 7.15. The zero-order chi connectivity index (χ0) is 16.1. The molecule has 0 saturated heterocycles. The first-order valence-electron chi connectivity index (χ1n) is 7.52. The van der Waals surface area contributed by atoms with Crippen molar-refractivity contribution in [3.63, 3.8) is 0 Å². The number of aryl methyl sites for hydroxylation is 1. The molecule has 0 radical (unpaired) electrons. The molecular formula is C17H24ClN3OS. The molecule has 4 nitrogen and oxygen atoms in total. The van der Waals surface area contributed by atoms with Crippen molar-refractivity contribution >= 4 is 29.7 Å². The van der Waals surface area contributed by atoms with Crippen LogP contribution in [0, 0.1) is 12.8 Å². The molecule has 0 saturated carbocycles. The van der Waals surface area contributed by atoms with Gasteiger partial charge >= 0.3 is 0 Å². The van der Waals surface area contributed by atoms with Crippen molar-refractivity contribution in [3.05, 3.63) is 40.9 Å². The van der Waals surface area contributed by atoms with E-state index in [4.69, 9.17) is 5.73 Å². The molecule has 1 heterocycles. The van der Waals surface area contributed by atoms with Gasteiger partial charge in [-0.2, -0.15) is 0 Å². The van der Waals surface area contributed by atoms with Gasteiger partial charge in [0.1, 0.15) is 5.01 Å². The van der Waals surface area contributed by atoms with Crippen molar-refractivity contribution in [3.8, 4) is 10.6 Å². The number of carbonyl (C=O) groups excluding carboxylic acids is 1. The van der Waals surface area contributed by atoms with Crippen LogP contribution in [0.3, 0.4) is 0 Å². The second-order valence-electron chi connectivity index (χ2n) is 5.85. The van der Waals surface area contributed by atoms with Gasteiger partial charge in [-0.1, -0.05) is 44.2 Å². The molecular weight excluding hydrogens is 330 g/mol. The standard InChI is InChI=1S/C17H23N3OS.ClH/c1-11(2)9-14(18)16(21)19-10-15-12(3)20-17(22-15)13-7-5-4-6-8-13;/h4-8,11,14H,9-10,18H2,1-3H3,(H,19,21);1H/t14-;/m0./s1. The van der Waals surface area contributed by atoms with Crippen molar-refractivity contribution in [2.24, 2.45) is 11.7 Å². The van der Waals surface area contributed by atoms with E-state index < -0.39 is 6.04 Å². The predicted molar refractivity (Wildman–Crippen MR) is 98.8 cm³/mol. The van der Waals surface area contributed by atoms with Crippen LogP contribution in [-0.4, -0.2) is 16.9 Å². The molecule has 2 aromatic rings. The van der Waals surface area contributed by atoms with Gasteiger partial charge in [0.25, 0.3) is 0 Å². The number of nitrogens with one attached hydrogen (secondary N) is 1. The van der Waals surface area contributed by atoms with Crippen LogP contribution in [0.4, 0.5) is 0 Å². The Bertz CT molecular complexity index is 628. The van der Waals surface area contributed by atoms with E-state index in [0.717, 1.165) is 21.1 Å². The van der Waals surface area contributed by atoms with Crippen molar-refractivity contribution in [1.82, 2.24) is 10.3 Å². The summed E-state index contributed by atoms with van der Waals surface area (Å²) in [5, 5.41) is 3.90. The van der Waals surface area contributed by atoms with Crippen LogP contribution in [0.5, 0.6) is 0 Å². The minimum Gasteiger partial charge on any atom is -0.350 e. The number of hydrogen-bond donors (Lipinski definition) is 2. The molecule has 1 aromatic heterocycles. The normalized spacial score (nSPS) is 11.9. The number of benzene rings is 1. The van der Waals surface area contributed by atoms with E-state index in [1.165, 1.54) is 0 Å². The van der Waals surface area contributed by atoms with Crippen LogP contribution in [0.1, 0.15) is 30.8 Å². The van der Waals surface area contributed by atoms with E-state index >= 15 is 0 Å². The lowest BCUT2D eigenvalue weighted by Crippen LogP contribution is -2.40. The molecule has 2 rings (SSSR count). The molecule has 1 aromatic carbocycles. The summed E-state index contributed by atoms with van der Waals surface area (Å²) in [6.07, 6.45) is 0.697. The van der Waals surface area contributed by atoms with Crippen molar-refractivity contribution in [2.45, 2.75) is 39.8 Å². The summed E-state index contributed by atoms with van der Waals surface area (Å²) >= 11 is 1.61. The zero-order valence-corrected chi connectivity index (χ0v) is 15.3. The van der Waals surface area contributed by atoms with Crippen LogP contribution in [-0.2, 0) is 11.3 Å². The number of rotatable bonds is 6. The summed E-state index contributed by atoms with van der Waals surface area (Å²) in [6.45, 7) is 6.58. The number of aromatic nitrogens is 1. The molecule has 0 aliphatic carbocycles. The maximum absolute atomic E-state index is 12.0. The monoisotopic (exact) mass is 353 g/mol. The Hall–Kier alpha value is -1.43. The van der Waals surface area contributed by atoms with E-state index in [1.54, 1.807) is 11.3 Å². The highest BCUT2D eigenvalue weighted by Gasteiger charge is 2.16. The van der Waals surface area contributed by atoms with Gasteiger partial charge in [-0.3, -0.25) is 4.79 Å². The first-order valence-corrected chi connectivity index (χ1v) is 8.34. The van der Waals surface area contributed by atoms with Crippen molar-refractivity contribution in [1.29, 1.82) is 0 Å². The highest BCUT2D eigenvalue weighted by atomic mass is 35.5. The molecule has 0 bridgehead atoms. The van der Waals surface area contributed by atoms with E-state index in [9.17, 15) is 4.79 Å². The number of thiazole rings is 1. The van der Waals surface area contributed by atoms with Gasteiger partial charge in [0, 0.05) is 10.4 Å². The molecule has 0 fully saturated rings. The number of hydrogen-bond acceptors (Lipinski definition) is 4. The molecule has 23 heavy (non-hydrogen) atoms. The molecule has 6 heteroatoms. The summed E-state index contributed by atoms with van der Waals surface area (Å²) in [5.41, 5.74) is 7.95. The van der Waals surface area contributed by atoms with E-state index in [-0.39, 0.29) is 18.3 Å². The van der Waals surface area contributed by atoms with Crippen LogP contribution in [0.25, 0.3) is 10.6 Å². The zero-order valence-electron chi connectivity index (χ0n) is 13.7. The van der Waals surface area contributed by atoms with Gasteiger partial charge in [0.15, 0.2) is 0 Å². The average molecular weight is 354 g/mol. The first-order chi connectivity index (χ1) is 10.5. The third-order valence-corrected chi connectivity index (χ3v) is 4.61. The molecule has 126 valence electrons. The molecule has 0 aliphatic rings. The summed E-state index contributed by atoms with van der Waals surface area (Å²) in [6, 6.07) is 9.62. The lowest BCUT2D eigenvalue weighted by molar-refractivity contribution is -0.122. The second kappa shape index (κ2) is 9.01. The van der Waals surface area contributed by atoms with Gasteiger partial charge in [-0.05, 0) is 19.3 Å². The lowest BCUT2D eigenvalue weighted by atomic mass is 10.0.